The molecule has 1 saturated heterocycles. The van der Waals surface area contributed by atoms with Crippen molar-refractivity contribution in [1.29, 1.82) is 0 Å². The van der Waals surface area contributed by atoms with E-state index in [1.165, 1.54) is 5.56 Å². The van der Waals surface area contributed by atoms with Crippen molar-refractivity contribution in [2.75, 3.05) is 18.1 Å². The van der Waals surface area contributed by atoms with Crippen LogP contribution in [0.1, 0.15) is 28.7 Å². The molecule has 0 aliphatic carbocycles. The number of benzene rings is 2. The van der Waals surface area contributed by atoms with Crippen LogP contribution in [0.25, 0.3) is 0 Å². The Bertz CT molecular complexity index is 735. The summed E-state index contributed by atoms with van der Waals surface area (Å²) in [6.45, 7) is 1.99. The molecule has 1 aliphatic rings. The Labute approximate surface area is 165 Å². The maximum absolute atomic E-state index is 12.3. The standard InChI is InChI=1S/C19H20BrNO2S2/c1-13(14-6-2-4-8-16(14)20)21-18(22)12-23-17-9-5-3-7-15(17)19-24-10-11-25-19/h2-9,13,19H,10-12H2,1H3,(H,21,22). The van der Waals surface area contributed by atoms with Gasteiger partial charge in [-0.2, -0.15) is 0 Å². The summed E-state index contributed by atoms with van der Waals surface area (Å²) >= 11 is 7.38. The van der Waals surface area contributed by atoms with Crippen LogP contribution in [0.2, 0.25) is 0 Å². The molecule has 3 rings (SSSR count). The average molecular weight is 438 g/mol. The molecule has 0 spiro atoms. The van der Waals surface area contributed by atoms with Gasteiger partial charge < -0.3 is 10.1 Å². The number of ether oxygens (including phenoxy) is 1. The van der Waals surface area contributed by atoms with Crippen LogP contribution in [0, 0.1) is 0 Å². The van der Waals surface area contributed by atoms with Crippen molar-refractivity contribution in [3.8, 4) is 5.75 Å². The Kier molecular flexibility index (Phi) is 6.73. The lowest BCUT2D eigenvalue weighted by Crippen LogP contribution is -2.31. The van der Waals surface area contributed by atoms with Crippen LogP contribution in [0.5, 0.6) is 5.75 Å². The van der Waals surface area contributed by atoms with Gasteiger partial charge >= 0.3 is 0 Å². The van der Waals surface area contributed by atoms with E-state index >= 15 is 0 Å². The maximum atomic E-state index is 12.3. The summed E-state index contributed by atoms with van der Waals surface area (Å²) in [7, 11) is 0. The fourth-order valence-corrected chi connectivity index (χ4v) is 6.21. The Morgan fingerprint density at radius 3 is 2.64 bits per heavy atom. The predicted molar refractivity (Wildman–Crippen MR) is 110 cm³/mol. The third-order valence-corrected chi connectivity index (χ3v) is 7.69. The maximum Gasteiger partial charge on any atom is 0.258 e. The fourth-order valence-electron chi connectivity index (χ4n) is 2.68. The predicted octanol–water partition coefficient (Wildman–Crippen LogP) is 5.18. The van der Waals surface area contributed by atoms with Crippen LogP contribution in [0.4, 0.5) is 0 Å². The topological polar surface area (TPSA) is 38.3 Å². The summed E-state index contributed by atoms with van der Waals surface area (Å²) in [5, 5.41) is 2.99. The number of nitrogens with one attached hydrogen (secondary N) is 1. The van der Waals surface area contributed by atoms with Crippen LogP contribution < -0.4 is 10.1 Å². The molecule has 1 atom stereocenters. The molecular weight excluding hydrogens is 418 g/mol. The highest BCUT2D eigenvalue weighted by molar-refractivity contribution is 9.10. The summed E-state index contributed by atoms with van der Waals surface area (Å²) < 4.78 is 7.22. The van der Waals surface area contributed by atoms with Crippen molar-refractivity contribution in [2.45, 2.75) is 17.5 Å². The van der Waals surface area contributed by atoms with E-state index in [-0.39, 0.29) is 18.6 Å². The molecule has 0 aromatic heterocycles. The highest BCUT2D eigenvalue weighted by atomic mass is 79.9. The molecule has 1 fully saturated rings. The van der Waals surface area contributed by atoms with Crippen molar-refractivity contribution in [3.05, 3.63) is 64.1 Å². The SMILES string of the molecule is CC(NC(=O)COc1ccccc1C1SCCS1)c1ccccc1Br. The van der Waals surface area contributed by atoms with Gasteiger partial charge in [0.15, 0.2) is 6.61 Å². The lowest BCUT2D eigenvalue weighted by molar-refractivity contribution is -0.123. The van der Waals surface area contributed by atoms with Gasteiger partial charge in [-0.05, 0) is 24.6 Å². The number of hydrogen-bond acceptors (Lipinski definition) is 4. The normalized spacial score (nSPS) is 15.8. The van der Waals surface area contributed by atoms with Gasteiger partial charge in [0.05, 0.1) is 10.6 Å². The molecule has 25 heavy (non-hydrogen) atoms. The van der Waals surface area contributed by atoms with Gasteiger partial charge in [-0.25, -0.2) is 0 Å². The molecule has 0 saturated carbocycles. The quantitative estimate of drug-likeness (QED) is 0.674. The summed E-state index contributed by atoms with van der Waals surface area (Å²) in [5.41, 5.74) is 2.22. The van der Waals surface area contributed by atoms with E-state index in [0.717, 1.165) is 27.3 Å². The zero-order valence-electron chi connectivity index (χ0n) is 13.9. The van der Waals surface area contributed by atoms with Crippen LogP contribution in [0.3, 0.4) is 0 Å². The molecule has 1 amide bonds. The zero-order valence-corrected chi connectivity index (χ0v) is 17.1. The lowest BCUT2D eigenvalue weighted by atomic mass is 10.1. The first kappa shape index (κ1) is 18.7. The summed E-state index contributed by atoms with van der Waals surface area (Å²) in [6.07, 6.45) is 0. The second-order valence-electron chi connectivity index (χ2n) is 5.71. The van der Waals surface area contributed by atoms with E-state index in [9.17, 15) is 4.79 Å². The van der Waals surface area contributed by atoms with Gasteiger partial charge in [0.25, 0.3) is 5.91 Å². The molecule has 1 N–H and O–H groups in total. The molecule has 0 bridgehead atoms. The van der Waals surface area contributed by atoms with Gasteiger partial charge in [-0.15, -0.1) is 23.5 Å². The number of hydrogen-bond donors (Lipinski definition) is 1. The van der Waals surface area contributed by atoms with Crippen molar-refractivity contribution in [3.63, 3.8) is 0 Å². The number of carbonyl (C=O) groups excluding carboxylic acids is 1. The first-order chi connectivity index (χ1) is 12.1. The first-order valence-corrected chi connectivity index (χ1v) is 11.0. The molecule has 6 heteroatoms. The van der Waals surface area contributed by atoms with E-state index in [1.807, 2.05) is 72.9 Å². The first-order valence-electron chi connectivity index (χ1n) is 8.14. The number of thioether (sulfide) groups is 2. The molecular formula is C19H20BrNO2S2. The van der Waals surface area contributed by atoms with E-state index in [4.69, 9.17) is 4.74 Å². The molecule has 2 aromatic carbocycles. The van der Waals surface area contributed by atoms with E-state index in [2.05, 4.69) is 27.3 Å². The minimum atomic E-state index is -0.121. The number of para-hydroxylation sites is 1. The summed E-state index contributed by atoms with van der Waals surface area (Å²) in [4.78, 5) is 12.3. The van der Waals surface area contributed by atoms with Crippen molar-refractivity contribution >= 4 is 45.4 Å². The van der Waals surface area contributed by atoms with Gasteiger partial charge in [-0.3, -0.25) is 4.79 Å². The van der Waals surface area contributed by atoms with Crippen LogP contribution in [-0.2, 0) is 4.79 Å². The molecule has 1 unspecified atom stereocenters. The van der Waals surface area contributed by atoms with E-state index in [0.29, 0.717) is 4.58 Å². The zero-order chi connectivity index (χ0) is 17.6. The van der Waals surface area contributed by atoms with Gasteiger partial charge in [0.1, 0.15) is 5.75 Å². The molecule has 1 aliphatic heterocycles. The summed E-state index contributed by atoms with van der Waals surface area (Å²) in [5.74, 6) is 3.00. The number of amides is 1. The Balaban J connectivity index is 1.58. The Hall–Kier alpha value is -1.11. The highest BCUT2D eigenvalue weighted by Crippen LogP contribution is 2.48. The van der Waals surface area contributed by atoms with Gasteiger partial charge in [0.2, 0.25) is 0 Å². The Morgan fingerprint density at radius 2 is 1.88 bits per heavy atom. The minimum Gasteiger partial charge on any atom is -0.483 e. The smallest absolute Gasteiger partial charge is 0.258 e. The molecule has 132 valence electrons. The van der Waals surface area contributed by atoms with E-state index < -0.39 is 0 Å². The average Bonchev–Trinajstić information content (AvgIpc) is 3.15. The summed E-state index contributed by atoms with van der Waals surface area (Å²) in [6, 6.07) is 15.8. The molecule has 3 nitrogen and oxygen atoms in total. The molecule has 0 radical (unpaired) electrons. The second kappa shape index (κ2) is 9.01. The van der Waals surface area contributed by atoms with Gasteiger partial charge in [0, 0.05) is 21.5 Å². The van der Waals surface area contributed by atoms with Gasteiger partial charge in [-0.1, -0.05) is 52.3 Å². The third-order valence-electron chi connectivity index (χ3n) is 3.90. The Morgan fingerprint density at radius 1 is 1.20 bits per heavy atom. The number of halogens is 1. The lowest BCUT2D eigenvalue weighted by Gasteiger charge is -2.18. The third kappa shape index (κ3) is 4.96. The highest BCUT2D eigenvalue weighted by Gasteiger charge is 2.22. The second-order valence-corrected chi connectivity index (χ2v) is 9.29. The van der Waals surface area contributed by atoms with Crippen LogP contribution in [-0.4, -0.2) is 24.0 Å². The van der Waals surface area contributed by atoms with E-state index in [1.54, 1.807) is 0 Å². The monoisotopic (exact) mass is 437 g/mol. The largest absolute Gasteiger partial charge is 0.483 e. The molecule has 1 heterocycles. The number of rotatable bonds is 6. The van der Waals surface area contributed by atoms with Crippen LogP contribution in [0.15, 0.2) is 53.0 Å². The van der Waals surface area contributed by atoms with Crippen molar-refractivity contribution in [2.24, 2.45) is 0 Å². The molecule has 2 aromatic rings. The number of carbonyl (C=O) groups is 1. The van der Waals surface area contributed by atoms with Crippen molar-refractivity contribution in [1.82, 2.24) is 5.32 Å². The fraction of sp³-hybridized carbons (Fsp3) is 0.316. The van der Waals surface area contributed by atoms with Crippen molar-refractivity contribution < 1.29 is 9.53 Å². The van der Waals surface area contributed by atoms with Crippen LogP contribution >= 0.6 is 39.5 Å². The minimum absolute atomic E-state index is 0.0217.